The SMILES string of the molecule is Fc1cccnc1CNc1nccc2oc(CCNCCc3nc4ccccc4n3CCc3ccccc3)nc12. The number of halogens is 1. The van der Waals surface area contributed by atoms with Crippen LogP contribution in [0.3, 0.4) is 0 Å². The number of nitrogens with one attached hydrogen (secondary N) is 2. The maximum Gasteiger partial charge on any atom is 0.196 e. The molecule has 0 unspecified atom stereocenters. The minimum atomic E-state index is -0.360. The average molecular weight is 536 g/mol. The van der Waals surface area contributed by atoms with Crippen LogP contribution >= 0.6 is 0 Å². The molecule has 0 saturated heterocycles. The fourth-order valence-corrected chi connectivity index (χ4v) is 4.83. The van der Waals surface area contributed by atoms with Gasteiger partial charge in [-0.25, -0.2) is 19.3 Å². The maximum atomic E-state index is 13.9. The largest absolute Gasteiger partial charge is 0.440 e. The minimum Gasteiger partial charge on any atom is -0.440 e. The van der Waals surface area contributed by atoms with Gasteiger partial charge in [0.15, 0.2) is 22.8 Å². The normalized spacial score (nSPS) is 11.4. The Bertz CT molecular complexity index is 1710. The minimum absolute atomic E-state index is 0.207. The standard InChI is InChI=1S/C31H30FN7O/c32-23-9-6-16-34-25(23)21-36-31-30-27(12-19-35-31)40-29(38-30)14-18-33-17-13-28-37-24-10-4-5-11-26(24)39(28)20-15-22-7-2-1-3-8-22/h1-12,16,19,33H,13-15,17-18,20-21H2,(H,35,36). The summed E-state index contributed by atoms with van der Waals surface area (Å²) in [5, 5.41) is 6.63. The second-order valence-electron chi connectivity index (χ2n) is 9.55. The van der Waals surface area contributed by atoms with Crippen LogP contribution in [0.25, 0.3) is 22.1 Å². The smallest absolute Gasteiger partial charge is 0.196 e. The molecule has 9 heteroatoms. The van der Waals surface area contributed by atoms with E-state index in [2.05, 4.69) is 72.6 Å². The summed E-state index contributed by atoms with van der Waals surface area (Å²) in [6.07, 6.45) is 5.63. The fraction of sp³-hybridized carbons (Fsp3) is 0.226. The lowest BCUT2D eigenvalue weighted by atomic mass is 10.1. The van der Waals surface area contributed by atoms with E-state index in [1.807, 2.05) is 12.1 Å². The molecule has 2 N–H and O–H groups in total. The first-order valence-electron chi connectivity index (χ1n) is 13.5. The molecule has 0 spiro atoms. The highest BCUT2D eigenvalue weighted by Gasteiger charge is 2.13. The summed E-state index contributed by atoms with van der Waals surface area (Å²) in [6, 6.07) is 23.6. The van der Waals surface area contributed by atoms with E-state index in [9.17, 15) is 4.39 Å². The molecule has 4 aromatic heterocycles. The van der Waals surface area contributed by atoms with Gasteiger partial charge in [-0.2, -0.15) is 0 Å². The zero-order valence-electron chi connectivity index (χ0n) is 22.1. The molecule has 6 rings (SSSR count). The monoisotopic (exact) mass is 535 g/mol. The number of fused-ring (bicyclic) bond motifs is 2. The molecule has 0 amide bonds. The van der Waals surface area contributed by atoms with Crippen LogP contribution in [0.4, 0.5) is 10.2 Å². The van der Waals surface area contributed by atoms with E-state index in [4.69, 9.17) is 9.40 Å². The first-order chi connectivity index (χ1) is 19.7. The highest BCUT2D eigenvalue weighted by atomic mass is 19.1. The van der Waals surface area contributed by atoms with E-state index >= 15 is 0 Å². The summed E-state index contributed by atoms with van der Waals surface area (Å²) in [6.45, 7) is 2.60. The Kier molecular flexibility index (Phi) is 7.72. The molecule has 6 aromatic rings. The van der Waals surface area contributed by atoms with E-state index in [1.165, 1.54) is 17.1 Å². The van der Waals surface area contributed by atoms with Crippen LogP contribution in [0.15, 0.2) is 89.6 Å². The van der Waals surface area contributed by atoms with Crippen LogP contribution in [0, 0.1) is 5.82 Å². The van der Waals surface area contributed by atoms with Gasteiger partial charge in [-0.1, -0.05) is 42.5 Å². The lowest BCUT2D eigenvalue weighted by Gasteiger charge is -2.10. The lowest BCUT2D eigenvalue weighted by molar-refractivity contribution is 0.513. The number of oxazole rings is 1. The van der Waals surface area contributed by atoms with Gasteiger partial charge in [0.2, 0.25) is 0 Å². The molecule has 0 aliphatic rings. The lowest BCUT2D eigenvalue weighted by Crippen LogP contribution is -2.21. The zero-order chi connectivity index (χ0) is 27.1. The predicted molar refractivity (Wildman–Crippen MR) is 153 cm³/mol. The highest BCUT2D eigenvalue weighted by Crippen LogP contribution is 2.22. The van der Waals surface area contributed by atoms with Crippen molar-refractivity contribution in [3.8, 4) is 0 Å². The summed E-state index contributed by atoms with van der Waals surface area (Å²) in [5.74, 6) is 1.89. The first-order valence-corrected chi connectivity index (χ1v) is 13.5. The zero-order valence-corrected chi connectivity index (χ0v) is 22.1. The van der Waals surface area contributed by atoms with Gasteiger partial charge in [0.1, 0.15) is 11.6 Å². The molecule has 2 aromatic carbocycles. The van der Waals surface area contributed by atoms with Crippen molar-refractivity contribution in [3.05, 3.63) is 114 Å². The van der Waals surface area contributed by atoms with Crippen LogP contribution in [0.1, 0.15) is 23.0 Å². The van der Waals surface area contributed by atoms with Crippen LogP contribution in [0.2, 0.25) is 0 Å². The summed E-state index contributed by atoms with van der Waals surface area (Å²) in [5.41, 5.74) is 5.11. The molecule has 4 heterocycles. The maximum absolute atomic E-state index is 13.9. The third-order valence-corrected chi connectivity index (χ3v) is 6.85. The second kappa shape index (κ2) is 12.0. The Morgan fingerprint density at radius 3 is 2.55 bits per heavy atom. The number of pyridine rings is 2. The molecule has 0 atom stereocenters. The number of anilines is 1. The number of aromatic nitrogens is 5. The van der Waals surface area contributed by atoms with Crippen molar-refractivity contribution in [2.45, 2.75) is 32.4 Å². The molecule has 0 aliphatic carbocycles. The van der Waals surface area contributed by atoms with Gasteiger partial charge in [0.25, 0.3) is 0 Å². The molecule has 8 nitrogen and oxygen atoms in total. The second-order valence-corrected chi connectivity index (χ2v) is 9.55. The van der Waals surface area contributed by atoms with Gasteiger partial charge >= 0.3 is 0 Å². The fourth-order valence-electron chi connectivity index (χ4n) is 4.83. The average Bonchev–Trinajstić information content (AvgIpc) is 3.57. The molecule has 0 radical (unpaired) electrons. The number of aryl methyl sites for hydroxylation is 2. The molecule has 202 valence electrons. The van der Waals surface area contributed by atoms with Crippen molar-refractivity contribution in [1.82, 2.24) is 29.8 Å². The Morgan fingerprint density at radius 2 is 1.65 bits per heavy atom. The number of para-hydroxylation sites is 2. The van der Waals surface area contributed by atoms with Crippen molar-refractivity contribution in [1.29, 1.82) is 0 Å². The molecular formula is C31H30FN7O. The van der Waals surface area contributed by atoms with Crippen LogP contribution < -0.4 is 10.6 Å². The van der Waals surface area contributed by atoms with Crippen molar-refractivity contribution in [3.63, 3.8) is 0 Å². The summed E-state index contributed by atoms with van der Waals surface area (Å²) < 4.78 is 22.2. The number of rotatable bonds is 12. The molecule has 40 heavy (non-hydrogen) atoms. The number of hydrogen-bond donors (Lipinski definition) is 2. The third-order valence-electron chi connectivity index (χ3n) is 6.85. The summed E-state index contributed by atoms with van der Waals surface area (Å²) >= 11 is 0. The van der Waals surface area contributed by atoms with Crippen LogP contribution in [-0.4, -0.2) is 37.6 Å². The van der Waals surface area contributed by atoms with Gasteiger partial charge in [0, 0.05) is 50.9 Å². The van der Waals surface area contributed by atoms with Crippen molar-refractivity contribution in [2.75, 3.05) is 18.4 Å². The van der Waals surface area contributed by atoms with E-state index < -0.39 is 0 Å². The number of benzene rings is 2. The highest BCUT2D eigenvalue weighted by molar-refractivity contribution is 5.83. The van der Waals surface area contributed by atoms with Gasteiger partial charge in [-0.05, 0) is 36.2 Å². The Balaban J connectivity index is 1.05. The molecule has 0 fully saturated rings. The summed E-state index contributed by atoms with van der Waals surface area (Å²) in [7, 11) is 0. The summed E-state index contributed by atoms with van der Waals surface area (Å²) in [4.78, 5) is 18.0. The molecular weight excluding hydrogens is 505 g/mol. The van der Waals surface area contributed by atoms with Crippen molar-refractivity contribution < 1.29 is 8.81 Å². The van der Waals surface area contributed by atoms with Gasteiger partial charge in [-0.3, -0.25) is 4.98 Å². The molecule has 0 bridgehead atoms. The van der Waals surface area contributed by atoms with Crippen LogP contribution in [0.5, 0.6) is 0 Å². The van der Waals surface area contributed by atoms with Crippen molar-refractivity contribution in [2.24, 2.45) is 0 Å². The van der Waals surface area contributed by atoms with Crippen molar-refractivity contribution >= 4 is 28.0 Å². The Hall–Kier alpha value is -4.63. The number of hydrogen-bond acceptors (Lipinski definition) is 7. The quantitative estimate of drug-likeness (QED) is 0.204. The topological polar surface area (TPSA) is 93.7 Å². The van der Waals surface area contributed by atoms with Gasteiger partial charge < -0.3 is 19.6 Å². The predicted octanol–water partition coefficient (Wildman–Crippen LogP) is 5.34. The third kappa shape index (κ3) is 5.84. The van der Waals surface area contributed by atoms with E-state index in [0.717, 1.165) is 37.3 Å². The van der Waals surface area contributed by atoms with E-state index in [1.54, 1.807) is 24.5 Å². The van der Waals surface area contributed by atoms with E-state index in [-0.39, 0.29) is 12.4 Å². The Morgan fingerprint density at radius 1 is 0.800 bits per heavy atom. The van der Waals surface area contributed by atoms with Gasteiger partial charge in [0.05, 0.1) is 23.3 Å². The Labute approximate surface area is 231 Å². The number of imidazole rings is 1. The molecule has 0 saturated carbocycles. The molecule has 0 aliphatic heterocycles. The van der Waals surface area contributed by atoms with Crippen LogP contribution in [-0.2, 0) is 32.4 Å². The van der Waals surface area contributed by atoms with Gasteiger partial charge in [-0.15, -0.1) is 0 Å². The first kappa shape index (κ1) is 25.6. The van der Waals surface area contributed by atoms with E-state index in [0.29, 0.717) is 41.5 Å². The number of nitrogens with zero attached hydrogens (tertiary/aromatic N) is 5.